The van der Waals surface area contributed by atoms with Crippen molar-refractivity contribution in [1.29, 1.82) is 0 Å². The first-order chi connectivity index (χ1) is 17.5. The van der Waals surface area contributed by atoms with Crippen LogP contribution < -0.4 is 10.2 Å². The van der Waals surface area contributed by atoms with E-state index in [0.717, 1.165) is 57.8 Å². The number of piperazine rings is 1. The van der Waals surface area contributed by atoms with Crippen molar-refractivity contribution < 1.29 is 9.53 Å². The summed E-state index contributed by atoms with van der Waals surface area (Å²) in [6.07, 6.45) is 4.73. The van der Waals surface area contributed by atoms with E-state index in [1.807, 2.05) is 39.9 Å². The van der Waals surface area contributed by atoms with Gasteiger partial charge in [0.15, 0.2) is 5.01 Å². The number of pyridine rings is 1. The summed E-state index contributed by atoms with van der Waals surface area (Å²) in [4.78, 5) is 21.0. The molecule has 36 heavy (non-hydrogen) atoms. The van der Waals surface area contributed by atoms with Crippen molar-refractivity contribution >= 4 is 33.6 Å². The van der Waals surface area contributed by atoms with E-state index in [1.165, 1.54) is 0 Å². The summed E-state index contributed by atoms with van der Waals surface area (Å²) in [5, 5.41) is 19.0. The minimum Gasteiger partial charge on any atom is -0.376 e. The van der Waals surface area contributed by atoms with Crippen molar-refractivity contribution in [3.05, 3.63) is 42.7 Å². The smallest absolute Gasteiger partial charge is 0.220 e. The average molecular weight is 503 g/mol. The molecule has 0 aromatic carbocycles. The molecule has 4 aromatic heterocycles. The van der Waals surface area contributed by atoms with Crippen LogP contribution in [0, 0.1) is 0 Å². The fraction of sp³-hybridized carbons (Fsp3) is 0.400. The number of anilines is 2. The Hall–Kier alpha value is -3.57. The van der Waals surface area contributed by atoms with Gasteiger partial charge < -0.3 is 19.9 Å². The summed E-state index contributed by atoms with van der Waals surface area (Å²) in [7, 11) is 0. The molecule has 184 valence electrons. The molecule has 4 saturated heterocycles. The molecule has 0 saturated carbocycles. The summed E-state index contributed by atoms with van der Waals surface area (Å²) in [6, 6.07) is 10.6. The fourth-order valence-electron chi connectivity index (χ4n) is 5.55. The molecule has 4 aliphatic heterocycles. The van der Waals surface area contributed by atoms with E-state index in [-0.39, 0.29) is 23.5 Å². The topological polar surface area (TPSA) is 101 Å². The summed E-state index contributed by atoms with van der Waals surface area (Å²) in [5.74, 6) is 0.162. The number of fused-ring (bicyclic) bond motifs is 3. The number of carbonyl (C=O) groups is 1. The maximum atomic E-state index is 11.9. The highest BCUT2D eigenvalue weighted by Crippen LogP contribution is 2.40. The van der Waals surface area contributed by atoms with Crippen LogP contribution in [0.1, 0.15) is 20.3 Å². The number of carbonyl (C=O) groups excluding carboxylic acids is 1. The lowest BCUT2D eigenvalue weighted by Crippen LogP contribution is -2.70. The van der Waals surface area contributed by atoms with Gasteiger partial charge in [-0.3, -0.25) is 9.78 Å². The van der Waals surface area contributed by atoms with Gasteiger partial charge in [-0.15, -0.1) is 10.2 Å². The van der Waals surface area contributed by atoms with Gasteiger partial charge >= 0.3 is 0 Å². The third kappa shape index (κ3) is 3.45. The van der Waals surface area contributed by atoms with E-state index >= 15 is 0 Å². The molecule has 0 aliphatic carbocycles. The van der Waals surface area contributed by atoms with Crippen LogP contribution in [0.3, 0.4) is 0 Å². The summed E-state index contributed by atoms with van der Waals surface area (Å²) < 4.78 is 7.38. The van der Waals surface area contributed by atoms with E-state index in [2.05, 4.69) is 38.5 Å². The zero-order valence-corrected chi connectivity index (χ0v) is 20.9. The Bertz CT molecular complexity index is 1470. The van der Waals surface area contributed by atoms with Gasteiger partial charge in [0.25, 0.3) is 0 Å². The standard InChI is InChI=1S/C25H26N8O2S/c1-15(34)32-17-8-18(32)12-31(11-17)24-30-29-23(36-24)19-10-26-21(9-20(19)28-25(2)13-35-14-25)22-6-5-16-4-3-7-27-33(16)22/h3-7,9-10,17-18H,8,11-14H2,1-2H3,(H,26,28). The molecule has 2 bridgehead atoms. The zero-order valence-electron chi connectivity index (χ0n) is 20.1. The van der Waals surface area contributed by atoms with Crippen LogP contribution >= 0.6 is 11.3 Å². The average Bonchev–Trinajstić information content (AvgIpc) is 3.50. The maximum absolute atomic E-state index is 11.9. The third-order valence-corrected chi connectivity index (χ3v) is 8.35. The summed E-state index contributed by atoms with van der Waals surface area (Å²) >= 11 is 1.57. The molecule has 4 aromatic rings. The lowest BCUT2D eigenvalue weighted by atomic mass is 9.87. The van der Waals surface area contributed by atoms with E-state index in [1.54, 1.807) is 24.5 Å². The quantitative estimate of drug-likeness (QED) is 0.445. The van der Waals surface area contributed by atoms with Crippen LogP contribution in [0.5, 0.6) is 0 Å². The number of hydrogen-bond acceptors (Lipinski definition) is 9. The lowest BCUT2D eigenvalue weighted by molar-refractivity contribution is -0.143. The lowest BCUT2D eigenvalue weighted by Gasteiger charge is -2.55. The Kier molecular flexibility index (Phi) is 4.80. The first-order valence-electron chi connectivity index (χ1n) is 12.1. The number of hydrogen-bond donors (Lipinski definition) is 1. The number of nitrogens with one attached hydrogen (secondary N) is 1. The Morgan fingerprint density at radius 3 is 2.78 bits per heavy atom. The maximum Gasteiger partial charge on any atom is 0.220 e. The molecular weight excluding hydrogens is 476 g/mol. The van der Waals surface area contributed by atoms with Crippen LogP contribution in [0.15, 0.2) is 42.7 Å². The predicted octanol–water partition coefficient (Wildman–Crippen LogP) is 2.93. The molecule has 2 atom stereocenters. The van der Waals surface area contributed by atoms with Crippen LogP contribution in [-0.4, -0.2) is 79.5 Å². The highest BCUT2D eigenvalue weighted by molar-refractivity contribution is 7.18. The fourth-order valence-corrected chi connectivity index (χ4v) is 6.43. The summed E-state index contributed by atoms with van der Waals surface area (Å²) in [5.41, 5.74) is 4.49. The van der Waals surface area contributed by atoms with Gasteiger partial charge in [-0.25, -0.2) is 4.52 Å². The molecule has 4 fully saturated rings. The molecule has 8 heterocycles. The largest absolute Gasteiger partial charge is 0.376 e. The van der Waals surface area contributed by atoms with Crippen molar-refractivity contribution in [3.63, 3.8) is 0 Å². The van der Waals surface area contributed by atoms with E-state index in [9.17, 15) is 4.79 Å². The van der Waals surface area contributed by atoms with Crippen molar-refractivity contribution in [2.75, 3.05) is 36.5 Å². The summed E-state index contributed by atoms with van der Waals surface area (Å²) in [6.45, 7) is 6.70. The number of piperidine rings is 1. The highest BCUT2D eigenvalue weighted by Gasteiger charge is 2.46. The number of ether oxygens (including phenoxy) is 1. The van der Waals surface area contributed by atoms with Gasteiger partial charge in [0.05, 0.1) is 53.3 Å². The van der Waals surface area contributed by atoms with Crippen LogP contribution in [-0.2, 0) is 9.53 Å². The Morgan fingerprint density at radius 1 is 1.19 bits per heavy atom. The van der Waals surface area contributed by atoms with Crippen molar-refractivity contribution in [2.45, 2.75) is 37.9 Å². The molecule has 4 aliphatic rings. The first kappa shape index (κ1) is 21.7. The zero-order chi connectivity index (χ0) is 24.4. The predicted molar refractivity (Wildman–Crippen MR) is 137 cm³/mol. The van der Waals surface area contributed by atoms with Gasteiger partial charge in [-0.05, 0) is 43.7 Å². The number of aromatic nitrogens is 5. The molecule has 10 nitrogen and oxygen atoms in total. The third-order valence-electron chi connectivity index (χ3n) is 7.34. The van der Waals surface area contributed by atoms with Crippen LogP contribution in [0.2, 0.25) is 0 Å². The molecule has 0 spiro atoms. The second kappa shape index (κ2) is 7.97. The van der Waals surface area contributed by atoms with Crippen molar-refractivity contribution in [3.8, 4) is 22.0 Å². The van der Waals surface area contributed by atoms with Crippen LogP contribution in [0.25, 0.3) is 27.5 Å². The van der Waals surface area contributed by atoms with E-state index < -0.39 is 0 Å². The molecular formula is C25H26N8O2S. The van der Waals surface area contributed by atoms with E-state index in [0.29, 0.717) is 13.2 Å². The second-order valence-electron chi connectivity index (χ2n) is 10.1. The first-order valence-corrected chi connectivity index (χ1v) is 13.0. The van der Waals surface area contributed by atoms with E-state index in [4.69, 9.17) is 9.72 Å². The Balaban J connectivity index is 1.22. The molecule has 1 amide bonds. The molecule has 2 unspecified atom stereocenters. The minimum atomic E-state index is -0.148. The van der Waals surface area contributed by atoms with Gasteiger partial charge in [0.2, 0.25) is 11.0 Å². The Morgan fingerprint density at radius 2 is 2.03 bits per heavy atom. The van der Waals surface area contributed by atoms with Gasteiger partial charge in [-0.1, -0.05) is 11.3 Å². The van der Waals surface area contributed by atoms with Crippen LogP contribution in [0.4, 0.5) is 10.8 Å². The number of amides is 1. The highest BCUT2D eigenvalue weighted by atomic mass is 32.1. The molecule has 1 N–H and O–H groups in total. The number of rotatable bonds is 5. The van der Waals surface area contributed by atoms with Gasteiger partial charge in [-0.2, -0.15) is 5.10 Å². The van der Waals surface area contributed by atoms with Gasteiger partial charge in [0.1, 0.15) is 0 Å². The minimum absolute atomic E-state index is 0.148. The second-order valence-corrected chi connectivity index (χ2v) is 11.1. The molecule has 8 rings (SSSR count). The molecule has 0 radical (unpaired) electrons. The number of nitrogens with zero attached hydrogens (tertiary/aromatic N) is 7. The molecule has 11 heteroatoms. The normalized spacial score (nSPS) is 22.3. The van der Waals surface area contributed by atoms with Crippen molar-refractivity contribution in [2.24, 2.45) is 0 Å². The SMILES string of the molecule is CC(=O)N1C2CC1CN(c1nnc(-c3cnc(-c4ccc5cccnn45)cc3NC3(C)COC3)s1)C2. The Labute approximate surface area is 211 Å². The van der Waals surface area contributed by atoms with Crippen molar-refractivity contribution in [1.82, 2.24) is 29.7 Å². The van der Waals surface area contributed by atoms with Gasteiger partial charge in [0, 0.05) is 38.1 Å². The monoisotopic (exact) mass is 502 g/mol.